The fourth-order valence-electron chi connectivity index (χ4n) is 1.57. The van der Waals surface area contributed by atoms with E-state index in [0.29, 0.717) is 13.2 Å². The number of aromatic nitrogens is 1. The minimum atomic E-state index is 0.174. The van der Waals surface area contributed by atoms with Crippen LogP contribution in [0.2, 0.25) is 0 Å². The first-order valence-corrected chi connectivity index (χ1v) is 6.10. The number of nitrogens with zero attached hydrogens (tertiary/aromatic N) is 1. The molecule has 1 aromatic heterocycles. The number of morpholine rings is 1. The summed E-state index contributed by atoms with van der Waals surface area (Å²) in [4.78, 5) is 4.15. The average Bonchev–Trinajstić information content (AvgIpc) is 2.71. The Morgan fingerprint density at radius 1 is 1.67 bits per heavy atom. The normalized spacial score (nSPS) is 26.7. The van der Waals surface area contributed by atoms with E-state index in [1.165, 1.54) is 0 Å². The van der Waals surface area contributed by atoms with Crippen LogP contribution in [0.3, 0.4) is 0 Å². The van der Waals surface area contributed by atoms with E-state index < -0.39 is 0 Å². The van der Waals surface area contributed by atoms with E-state index in [0.717, 1.165) is 18.8 Å². The van der Waals surface area contributed by atoms with Crippen LogP contribution in [0.4, 0.5) is 0 Å². The first-order chi connectivity index (χ1) is 7.34. The summed E-state index contributed by atoms with van der Waals surface area (Å²) in [7, 11) is 0. The van der Waals surface area contributed by atoms with Crippen LogP contribution in [-0.4, -0.2) is 36.9 Å². The average molecular weight is 228 g/mol. The zero-order valence-electron chi connectivity index (χ0n) is 8.81. The van der Waals surface area contributed by atoms with E-state index in [9.17, 15) is 0 Å². The zero-order chi connectivity index (χ0) is 10.5. The molecule has 15 heavy (non-hydrogen) atoms. The van der Waals surface area contributed by atoms with E-state index in [1.54, 1.807) is 11.3 Å². The fourth-order valence-corrected chi connectivity index (χ4v) is 2.12. The SMILES string of the molecule is CC1CNCC(COCc2cscn2)O1. The van der Waals surface area contributed by atoms with E-state index >= 15 is 0 Å². The molecule has 2 atom stereocenters. The summed E-state index contributed by atoms with van der Waals surface area (Å²) in [5.74, 6) is 0. The van der Waals surface area contributed by atoms with Gasteiger partial charge in [0.25, 0.3) is 0 Å². The molecule has 0 amide bonds. The van der Waals surface area contributed by atoms with E-state index in [1.807, 2.05) is 10.9 Å². The quantitative estimate of drug-likeness (QED) is 0.836. The van der Waals surface area contributed by atoms with Crippen molar-refractivity contribution < 1.29 is 9.47 Å². The summed E-state index contributed by atoms with van der Waals surface area (Å²) < 4.78 is 11.2. The molecule has 0 bridgehead atoms. The molecule has 1 saturated heterocycles. The molecule has 2 rings (SSSR count). The number of thiazole rings is 1. The lowest BCUT2D eigenvalue weighted by molar-refractivity contribution is -0.0719. The third kappa shape index (κ3) is 3.53. The summed E-state index contributed by atoms with van der Waals surface area (Å²) in [5, 5.41) is 5.31. The van der Waals surface area contributed by atoms with Gasteiger partial charge in [0.05, 0.1) is 36.6 Å². The number of rotatable bonds is 4. The van der Waals surface area contributed by atoms with Gasteiger partial charge in [0.1, 0.15) is 0 Å². The summed E-state index contributed by atoms with van der Waals surface area (Å²) in [6.45, 7) is 5.09. The highest BCUT2D eigenvalue weighted by Gasteiger charge is 2.18. The lowest BCUT2D eigenvalue weighted by Crippen LogP contribution is -2.45. The second-order valence-corrected chi connectivity index (χ2v) is 4.44. The van der Waals surface area contributed by atoms with Crippen molar-refractivity contribution in [1.82, 2.24) is 10.3 Å². The largest absolute Gasteiger partial charge is 0.372 e. The Morgan fingerprint density at radius 3 is 3.33 bits per heavy atom. The van der Waals surface area contributed by atoms with Crippen LogP contribution in [0.5, 0.6) is 0 Å². The van der Waals surface area contributed by atoms with Crippen molar-refractivity contribution in [2.45, 2.75) is 25.7 Å². The molecule has 2 unspecified atom stereocenters. The molecule has 1 aliphatic rings. The minimum Gasteiger partial charge on any atom is -0.372 e. The van der Waals surface area contributed by atoms with Gasteiger partial charge in [0.2, 0.25) is 0 Å². The first-order valence-electron chi connectivity index (χ1n) is 5.15. The molecule has 0 aliphatic carbocycles. The van der Waals surface area contributed by atoms with Gasteiger partial charge in [-0.2, -0.15) is 0 Å². The van der Waals surface area contributed by atoms with Crippen molar-refractivity contribution in [3.63, 3.8) is 0 Å². The molecule has 1 aliphatic heterocycles. The molecule has 0 aromatic carbocycles. The van der Waals surface area contributed by atoms with E-state index in [4.69, 9.17) is 9.47 Å². The van der Waals surface area contributed by atoms with Gasteiger partial charge >= 0.3 is 0 Å². The lowest BCUT2D eigenvalue weighted by atomic mass is 10.2. The van der Waals surface area contributed by atoms with Crippen molar-refractivity contribution in [3.05, 3.63) is 16.6 Å². The van der Waals surface area contributed by atoms with E-state index in [-0.39, 0.29) is 12.2 Å². The third-order valence-electron chi connectivity index (χ3n) is 2.27. The van der Waals surface area contributed by atoms with E-state index in [2.05, 4.69) is 17.2 Å². The third-order valence-corrected chi connectivity index (χ3v) is 2.90. The van der Waals surface area contributed by atoms with Crippen LogP contribution in [0.25, 0.3) is 0 Å². The highest BCUT2D eigenvalue weighted by atomic mass is 32.1. The number of ether oxygens (including phenoxy) is 2. The van der Waals surface area contributed by atoms with Gasteiger partial charge in [-0.05, 0) is 6.92 Å². The van der Waals surface area contributed by atoms with Crippen LogP contribution in [-0.2, 0) is 16.1 Å². The van der Waals surface area contributed by atoms with Crippen molar-refractivity contribution in [3.8, 4) is 0 Å². The molecule has 1 N–H and O–H groups in total. The number of hydrogen-bond acceptors (Lipinski definition) is 5. The Bertz CT molecular complexity index is 279. The molecular formula is C10H16N2O2S. The maximum absolute atomic E-state index is 5.70. The maximum Gasteiger partial charge on any atom is 0.0936 e. The summed E-state index contributed by atoms with van der Waals surface area (Å²) in [5.41, 5.74) is 2.82. The number of nitrogens with one attached hydrogen (secondary N) is 1. The molecule has 84 valence electrons. The van der Waals surface area contributed by atoms with Crippen molar-refractivity contribution in [2.24, 2.45) is 0 Å². The predicted molar refractivity (Wildman–Crippen MR) is 59.0 cm³/mol. The van der Waals surface area contributed by atoms with Gasteiger partial charge in [-0.25, -0.2) is 4.98 Å². The molecule has 0 spiro atoms. The molecule has 2 heterocycles. The Kier molecular flexibility index (Phi) is 4.08. The predicted octanol–water partition coefficient (Wildman–Crippen LogP) is 1.04. The second-order valence-electron chi connectivity index (χ2n) is 3.72. The van der Waals surface area contributed by atoms with Crippen LogP contribution in [0.15, 0.2) is 10.9 Å². The fraction of sp³-hybridized carbons (Fsp3) is 0.700. The molecule has 4 nitrogen and oxygen atoms in total. The van der Waals surface area contributed by atoms with Crippen molar-refractivity contribution in [2.75, 3.05) is 19.7 Å². The van der Waals surface area contributed by atoms with Gasteiger partial charge in [-0.1, -0.05) is 0 Å². The van der Waals surface area contributed by atoms with Gasteiger partial charge in [0, 0.05) is 18.5 Å². The number of hydrogen-bond donors (Lipinski definition) is 1. The monoisotopic (exact) mass is 228 g/mol. The first kappa shape index (κ1) is 11.0. The van der Waals surface area contributed by atoms with Gasteiger partial charge < -0.3 is 14.8 Å². The Hall–Kier alpha value is -0.490. The Balaban J connectivity index is 1.65. The summed E-state index contributed by atoms with van der Waals surface area (Å²) in [6.07, 6.45) is 0.457. The molecule has 0 radical (unpaired) electrons. The van der Waals surface area contributed by atoms with Crippen LogP contribution in [0, 0.1) is 0 Å². The highest BCUT2D eigenvalue weighted by molar-refractivity contribution is 7.07. The standard InChI is InChI=1S/C10H16N2O2S/c1-8-2-11-3-10(14-8)5-13-4-9-6-15-7-12-9/h6-8,10-11H,2-5H2,1H3. The topological polar surface area (TPSA) is 43.4 Å². The zero-order valence-corrected chi connectivity index (χ0v) is 9.63. The summed E-state index contributed by atoms with van der Waals surface area (Å²) >= 11 is 1.59. The Labute approximate surface area is 93.6 Å². The molecular weight excluding hydrogens is 212 g/mol. The minimum absolute atomic E-state index is 0.174. The smallest absolute Gasteiger partial charge is 0.0936 e. The second kappa shape index (κ2) is 5.55. The molecule has 0 saturated carbocycles. The lowest BCUT2D eigenvalue weighted by Gasteiger charge is -2.28. The summed E-state index contributed by atoms with van der Waals surface area (Å²) in [6, 6.07) is 0. The molecule has 5 heteroatoms. The molecule has 1 fully saturated rings. The van der Waals surface area contributed by atoms with Crippen LogP contribution < -0.4 is 5.32 Å². The van der Waals surface area contributed by atoms with Crippen LogP contribution >= 0.6 is 11.3 Å². The molecule has 1 aromatic rings. The van der Waals surface area contributed by atoms with Crippen molar-refractivity contribution in [1.29, 1.82) is 0 Å². The van der Waals surface area contributed by atoms with Crippen molar-refractivity contribution >= 4 is 11.3 Å². The van der Waals surface area contributed by atoms with Gasteiger partial charge in [-0.15, -0.1) is 11.3 Å². The highest BCUT2D eigenvalue weighted by Crippen LogP contribution is 2.06. The maximum atomic E-state index is 5.70. The van der Waals surface area contributed by atoms with Gasteiger partial charge in [0.15, 0.2) is 0 Å². The van der Waals surface area contributed by atoms with Gasteiger partial charge in [-0.3, -0.25) is 0 Å². The van der Waals surface area contributed by atoms with Crippen LogP contribution in [0.1, 0.15) is 12.6 Å². The Morgan fingerprint density at radius 2 is 2.60 bits per heavy atom.